The van der Waals surface area contributed by atoms with E-state index in [-0.39, 0.29) is 21.8 Å². The lowest BCUT2D eigenvalue weighted by molar-refractivity contribution is 0.320. The smallest absolute Gasteiger partial charge is 0.246 e. The molecule has 4 N–H and O–H groups in total. The molecule has 0 bridgehead atoms. The summed E-state index contributed by atoms with van der Waals surface area (Å²) in [5.74, 6) is -0.0331. The highest BCUT2D eigenvalue weighted by molar-refractivity contribution is 7.89. The number of hydrogen-bond acceptors (Lipinski definition) is 5. The molecule has 18 heavy (non-hydrogen) atoms. The Hall–Kier alpha value is -0.890. The largest absolute Gasteiger partial charge is 0.383 e. The van der Waals surface area contributed by atoms with Crippen LogP contribution in [0.2, 0.25) is 5.02 Å². The Bertz CT molecular complexity index is 541. The van der Waals surface area contributed by atoms with Crippen LogP contribution in [-0.2, 0) is 10.0 Å². The third-order valence-corrected chi connectivity index (χ3v) is 5.10. The molecule has 1 fully saturated rings. The van der Waals surface area contributed by atoms with Crippen LogP contribution < -0.4 is 11.5 Å². The van der Waals surface area contributed by atoms with Gasteiger partial charge in [0.2, 0.25) is 10.0 Å². The van der Waals surface area contributed by atoms with Gasteiger partial charge < -0.3 is 11.5 Å². The molecule has 6 nitrogen and oxygen atoms in total. The van der Waals surface area contributed by atoms with Crippen molar-refractivity contribution in [3.63, 3.8) is 0 Å². The molecule has 8 heteroatoms. The molecule has 100 valence electrons. The summed E-state index contributed by atoms with van der Waals surface area (Å²) in [5, 5.41) is 0.247. The molecular weight excluding hydrogens is 276 g/mol. The molecule has 0 saturated carbocycles. The van der Waals surface area contributed by atoms with Gasteiger partial charge in [0, 0.05) is 25.3 Å². The van der Waals surface area contributed by atoms with Gasteiger partial charge in [-0.15, -0.1) is 0 Å². The molecule has 0 amide bonds. The van der Waals surface area contributed by atoms with Crippen LogP contribution in [0.1, 0.15) is 12.8 Å². The summed E-state index contributed by atoms with van der Waals surface area (Å²) in [6.07, 6.45) is 2.61. The van der Waals surface area contributed by atoms with E-state index in [9.17, 15) is 8.42 Å². The van der Waals surface area contributed by atoms with Crippen LogP contribution >= 0.6 is 11.6 Å². The third-order valence-electron chi connectivity index (χ3n) is 2.96. The summed E-state index contributed by atoms with van der Waals surface area (Å²) in [5.41, 5.74) is 11.4. The van der Waals surface area contributed by atoms with Crippen molar-refractivity contribution in [2.45, 2.75) is 23.8 Å². The molecule has 1 saturated heterocycles. The number of halogens is 1. The third kappa shape index (κ3) is 2.59. The van der Waals surface area contributed by atoms with Crippen molar-refractivity contribution in [2.24, 2.45) is 5.73 Å². The fourth-order valence-corrected chi connectivity index (χ4v) is 3.68. The fraction of sp³-hybridized carbons (Fsp3) is 0.500. The lowest BCUT2D eigenvalue weighted by atomic mass is 10.1. The standard InChI is InChI=1S/C10H15ClN4O2S/c11-7-5-9(10(13)14-6-7)18(16,17)15-3-1-8(12)2-4-15/h5-6,8H,1-4,12H2,(H2,13,14). The van der Waals surface area contributed by atoms with E-state index in [1.54, 1.807) is 0 Å². The molecule has 0 aromatic carbocycles. The van der Waals surface area contributed by atoms with Gasteiger partial charge in [-0.05, 0) is 18.9 Å². The number of aromatic nitrogens is 1. The van der Waals surface area contributed by atoms with Crippen LogP contribution in [0.25, 0.3) is 0 Å². The van der Waals surface area contributed by atoms with Crippen LogP contribution in [0.5, 0.6) is 0 Å². The Morgan fingerprint density at radius 2 is 2.00 bits per heavy atom. The van der Waals surface area contributed by atoms with Gasteiger partial charge in [0.15, 0.2) is 0 Å². The van der Waals surface area contributed by atoms with Crippen molar-refractivity contribution in [1.29, 1.82) is 0 Å². The quantitative estimate of drug-likeness (QED) is 0.822. The number of sulfonamides is 1. The maximum absolute atomic E-state index is 12.4. The first-order chi connectivity index (χ1) is 8.41. The van der Waals surface area contributed by atoms with E-state index in [2.05, 4.69) is 4.98 Å². The molecule has 0 spiro atoms. The lowest BCUT2D eigenvalue weighted by Crippen LogP contribution is -2.42. The zero-order chi connectivity index (χ0) is 13.3. The zero-order valence-corrected chi connectivity index (χ0v) is 11.3. The summed E-state index contributed by atoms with van der Waals surface area (Å²) < 4.78 is 26.1. The summed E-state index contributed by atoms with van der Waals surface area (Å²) in [6.45, 7) is 0.797. The second kappa shape index (κ2) is 5.00. The summed E-state index contributed by atoms with van der Waals surface area (Å²) in [7, 11) is -3.63. The Morgan fingerprint density at radius 3 is 2.61 bits per heavy atom. The number of nitrogens with zero attached hydrogens (tertiary/aromatic N) is 2. The van der Waals surface area contributed by atoms with Gasteiger partial charge in [0.05, 0.1) is 5.02 Å². The van der Waals surface area contributed by atoms with E-state index in [0.29, 0.717) is 25.9 Å². The monoisotopic (exact) mass is 290 g/mol. The Labute approximate surface area is 111 Å². The highest BCUT2D eigenvalue weighted by Gasteiger charge is 2.30. The van der Waals surface area contributed by atoms with Gasteiger partial charge in [0.1, 0.15) is 10.7 Å². The molecule has 0 atom stereocenters. The van der Waals surface area contributed by atoms with E-state index in [0.717, 1.165) is 0 Å². The summed E-state index contributed by atoms with van der Waals surface area (Å²) in [6, 6.07) is 1.39. The van der Waals surface area contributed by atoms with E-state index < -0.39 is 10.0 Å². The summed E-state index contributed by atoms with van der Waals surface area (Å²) in [4.78, 5) is 3.73. The molecular formula is C10H15ClN4O2S. The highest BCUT2D eigenvalue weighted by Crippen LogP contribution is 2.25. The molecule has 1 aliphatic rings. The van der Waals surface area contributed by atoms with E-state index in [1.165, 1.54) is 16.6 Å². The first-order valence-electron chi connectivity index (χ1n) is 5.58. The van der Waals surface area contributed by atoms with E-state index >= 15 is 0 Å². The summed E-state index contributed by atoms with van der Waals surface area (Å²) >= 11 is 5.76. The number of anilines is 1. The van der Waals surface area contributed by atoms with Gasteiger partial charge >= 0.3 is 0 Å². The van der Waals surface area contributed by atoms with E-state index in [4.69, 9.17) is 23.1 Å². The van der Waals surface area contributed by atoms with Crippen LogP contribution in [-0.4, -0.2) is 36.8 Å². The van der Waals surface area contributed by atoms with Crippen LogP contribution in [0.15, 0.2) is 17.2 Å². The van der Waals surface area contributed by atoms with Gasteiger partial charge in [-0.2, -0.15) is 4.31 Å². The topological polar surface area (TPSA) is 102 Å². The number of hydrogen-bond donors (Lipinski definition) is 2. The van der Waals surface area contributed by atoms with Crippen LogP contribution in [0.3, 0.4) is 0 Å². The number of rotatable bonds is 2. The van der Waals surface area contributed by atoms with Gasteiger partial charge in [-0.25, -0.2) is 13.4 Å². The maximum atomic E-state index is 12.4. The second-order valence-electron chi connectivity index (χ2n) is 4.28. The minimum absolute atomic E-state index is 0.0331. The number of nitrogens with two attached hydrogens (primary N) is 2. The Balaban J connectivity index is 2.33. The predicted octanol–water partition coefficient (Wildman–Crippen LogP) is 0.429. The minimum Gasteiger partial charge on any atom is -0.383 e. The average Bonchev–Trinajstić information content (AvgIpc) is 2.32. The molecule has 1 aromatic rings. The number of piperidine rings is 1. The fourth-order valence-electron chi connectivity index (χ4n) is 1.89. The van der Waals surface area contributed by atoms with Crippen molar-refractivity contribution < 1.29 is 8.42 Å². The Morgan fingerprint density at radius 1 is 1.39 bits per heavy atom. The van der Waals surface area contributed by atoms with Crippen LogP contribution in [0, 0.1) is 0 Å². The SMILES string of the molecule is Nc1ncc(Cl)cc1S(=O)(=O)N1CCC(N)CC1. The van der Waals surface area contributed by atoms with Gasteiger partial charge in [0.25, 0.3) is 0 Å². The molecule has 1 aliphatic heterocycles. The zero-order valence-electron chi connectivity index (χ0n) is 9.71. The normalized spacial score (nSPS) is 19.0. The highest BCUT2D eigenvalue weighted by atomic mass is 35.5. The van der Waals surface area contributed by atoms with Gasteiger partial charge in [-0.1, -0.05) is 11.6 Å². The van der Waals surface area contributed by atoms with Crippen molar-refractivity contribution >= 4 is 27.4 Å². The molecule has 0 aliphatic carbocycles. The van der Waals surface area contributed by atoms with Crippen molar-refractivity contribution in [1.82, 2.24) is 9.29 Å². The molecule has 2 rings (SSSR count). The second-order valence-corrected chi connectivity index (χ2v) is 6.62. The molecule has 0 radical (unpaired) electrons. The molecule has 2 heterocycles. The first kappa shape index (κ1) is 13.5. The Kier molecular flexibility index (Phi) is 3.76. The van der Waals surface area contributed by atoms with Crippen LogP contribution in [0.4, 0.5) is 5.82 Å². The number of pyridine rings is 1. The van der Waals surface area contributed by atoms with Crippen molar-refractivity contribution in [3.8, 4) is 0 Å². The van der Waals surface area contributed by atoms with Crippen molar-refractivity contribution in [3.05, 3.63) is 17.3 Å². The molecule has 1 aromatic heterocycles. The van der Waals surface area contributed by atoms with Crippen molar-refractivity contribution in [2.75, 3.05) is 18.8 Å². The number of nitrogen functional groups attached to an aromatic ring is 1. The van der Waals surface area contributed by atoms with E-state index in [1.807, 2.05) is 0 Å². The van der Waals surface area contributed by atoms with Gasteiger partial charge in [-0.3, -0.25) is 0 Å². The minimum atomic E-state index is -3.63. The average molecular weight is 291 g/mol. The first-order valence-corrected chi connectivity index (χ1v) is 7.40. The maximum Gasteiger partial charge on any atom is 0.246 e. The lowest BCUT2D eigenvalue weighted by Gasteiger charge is -2.29. The predicted molar refractivity (Wildman–Crippen MR) is 69.6 cm³/mol. The molecule has 0 unspecified atom stereocenters.